The molecular formula is C23H19FN2O2. The van der Waals surface area contributed by atoms with Crippen LogP contribution >= 0.6 is 0 Å². The zero-order chi connectivity index (χ0) is 19.5. The predicted octanol–water partition coefficient (Wildman–Crippen LogP) is 5.23. The van der Waals surface area contributed by atoms with Crippen LogP contribution in [0.15, 0.2) is 77.3 Å². The Kier molecular flexibility index (Phi) is 4.89. The highest BCUT2D eigenvalue weighted by Crippen LogP contribution is 2.27. The molecule has 1 aromatic heterocycles. The number of anilines is 1. The van der Waals surface area contributed by atoms with Crippen molar-refractivity contribution in [2.45, 2.75) is 12.8 Å². The summed E-state index contributed by atoms with van der Waals surface area (Å²) in [6, 6.07) is 20.2. The van der Waals surface area contributed by atoms with Gasteiger partial charge in [-0.3, -0.25) is 4.79 Å². The van der Waals surface area contributed by atoms with Crippen molar-refractivity contribution < 1.29 is 13.6 Å². The molecule has 0 saturated heterocycles. The van der Waals surface area contributed by atoms with E-state index in [-0.39, 0.29) is 18.1 Å². The minimum Gasteiger partial charge on any atom is -0.441 e. The normalized spacial score (nSPS) is 10.9. The number of rotatable bonds is 5. The Morgan fingerprint density at radius 2 is 1.79 bits per heavy atom. The maximum atomic E-state index is 13.9. The third kappa shape index (κ3) is 3.51. The van der Waals surface area contributed by atoms with Gasteiger partial charge in [-0.05, 0) is 23.6 Å². The molecule has 1 amide bonds. The molecule has 0 aliphatic heterocycles. The molecule has 4 rings (SSSR count). The molecule has 0 atom stereocenters. The van der Waals surface area contributed by atoms with E-state index < -0.39 is 0 Å². The van der Waals surface area contributed by atoms with Gasteiger partial charge < -0.3 is 9.32 Å². The van der Waals surface area contributed by atoms with Gasteiger partial charge in [-0.15, -0.1) is 0 Å². The van der Waals surface area contributed by atoms with Crippen LogP contribution in [0.5, 0.6) is 0 Å². The molecule has 3 aromatic carbocycles. The monoisotopic (exact) mass is 374 g/mol. The van der Waals surface area contributed by atoms with E-state index in [0.29, 0.717) is 23.6 Å². The summed E-state index contributed by atoms with van der Waals surface area (Å²) in [4.78, 5) is 18.5. The van der Waals surface area contributed by atoms with Crippen LogP contribution in [0.4, 0.5) is 10.1 Å². The summed E-state index contributed by atoms with van der Waals surface area (Å²) in [5.74, 6) is 0.375. The van der Waals surface area contributed by atoms with Gasteiger partial charge in [-0.1, -0.05) is 48.5 Å². The highest BCUT2D eigenvalue weighted by atomic mass is 19.1. The van der Waals surface area contributed by atoms with Crippen molar-refractivity contribution >= 4 is 22.4 Å². The van der Waals surface area contributed by atoms with Crippen molar-refractivity contribution in [3.8, 4) is 11.3 Å². The summed E-state index contributed by atoms with van der Waals surface area (Å²) in [5.41, 5.74) is 1.22. The molecule has 1 heterocycles. The lowest BCUT2D eigenvalue weighted by atomic mass is 10.1. The fourth-order valence-corrected chi connectivity index (χ4v) is 3.23. The third-order valence-corrected chi connectivity index (χ3v) is 4.75. The summed E-state index contributed by atoms with van der Waals surface area (Å²) in [5, 5.41) is 2.11. The number of nitrogens with zero attached hydrogens (tertiary/aromatic N) is 2. The third-order valence-electron chi connectivity index (χ3n) is 4.75. The van der Waals surface area contributed by atoms with E-state index in [1.54, 1.807) is 30.1 Å². The van der Waals surface area contributed by atoms with E-state index in [1.165, 1.54) is 12.3 Å². The largest absolute Gasteiger partial charge is 0.441 e. The highest BCUT2D eigenvalue weighted by molar-refractivity contribution is 6.03. The van der Waals surface area contributed by atoms with Crippen LogP contribution in [0.2, 0.25) is 0 Å². The van der Waals surface area contributed by atoms with Crippen molar-refractivity contribution in [1.82, 2.24) is 4.98 Å². The Labute approximate surface area is 162 Å². The van der Waals surface area contributed by atoms with Crippen LogP contribution < -0.4 is 4.90 Å². The SMILES string of the molecule is CN(C(=O)CCc1ncc(-c2ccccc2F)o1)c1cccc2ccccc12. The Balaban J connectivity index is 1.47. The van der Waals surface area contributed by atoms with Crippen molar-refractivity contribution in [3.05, 3.63) is 84.6 Å². The fourth-order valence-electron chi connectivity index (χ4n) is 3.23. The summed E-state index contributed by atoms with van der Waals surface area (Å²) in [6.45, 7) is 0. The first-order chi connectivity index (χ1) is 13.6. The molecule has 0 radical (unpaired) electrons. The summed E-state index contributed by atoms with van der Waals surface area (Å²) >= 11 is 0. The number of hydrogen-bond acceptors (Lipinski definition) is 3. The van der Waals surface area contributed by atoms with Gasteiger partial charge >= 0.3 is 0 Å². The number of aromatic nitrogens is 1. The van der Waals surface area contributed by atoms with Gasteiger partial charge in [0.2, 0.25) is 5.91 Å². The maximum Gasteiger partial charge on any atom is 0.227 e. The second-order valence-electron chi connectivity index (χ2n) is 6.55. The van der Waals surface area contributed by atoms with Gasteiger partial charge in [0.1, 0.15) is 5.82 Å². The van der Waals surface area contributed by atoms with Gasteiger partial charge in [0.05, 0.1) is 17.4 Å². The molecule has 0 unspecified atom stereocenters. The van der Waals surface area contributed by atoms with Crippen molar-refractivity contribution in [2.75, 3.05) is 11.9 Å². The quantitative estimate of drug-likeness (QED) is 0.481. The van der Waals surface area contributed by atoms with E-state index in [2.05, 4.69) is 4.98 Å². The minimum atomic E-state index is -0.364. The topological polar surface area (TPSA) is 46.3 Å². The standard InChI is InChI=1S/C23H19FN2O2/c1-26(20-12-6-8-16-7-2-3-9-17(16)20)23(27)14-13-22-25-15-21(28-22)18-10-4-5-11-19(18)24/h2-12,15H,13-14H2,1H3. The molecule has 0 spiro atoms. The molecule has 0 bridgehead atoms. The first-order valence-electron chi connectivity index (χ1n) is 9.07. The van der Waals surface area contributed by atoms with E-state index in [1.807, 2.05) is 42.5 Å². The lowest BCUT2D eigenvalue weighted by molar-refractivity contribution is -0.118. The average molecular weight is 374 g/mol. The molecule has 4 aromatic rings. The average Bonchev–Trinajstić information content (AvgIpc) is 3.20. The van der Waals surface area contributed by atoms with Crippen LogP contribution in [0.25, 0.3) is 22.1 Å². The highest BCUT2D eigenvalue weighted by Gasteiger charge is 2.16. The van der Waals surface area contributed by atoms with Crippen LogP contribution in [-0.2, 0) is 11.2 Å². The van der Waals surface area contributed by atoms with Crippen LogP contribution in [0.1, 0.15) is 12.3 Å². The summed E-state index contributed by atoms with van der Waals surface area (Å²) in [7, 11) is 1.77. The van der Waals surface area contributed by atoms with E-state index in [4.69, 9.17) is 4.42 Å². The first kappa shape index (κ1) is 17.9. The fraction of sp³-hybridized carbons (Fsp3) is 0.130. The lowest BCUT2D eigenvalue weighted by Crippen LogP contribution is -2.26. The summed E-state index contributed by atoms with van der Waals surface area (Å²) in [6.07, 6.45) is 2.09. The number of benzene rings is 3. The number of hydrogen-bond donors (Lipinski definition) is 0. The van der Waals surface area contributed by atoms with Gasteiger partial charge in [-0.2, -0.15) is 0 Å². The predicted molar refractivity (Wildman–Crippen MR) is 108 cm³/mol. The molecular weight excluding hydrogens is 355 g/mol. The van der Waals surface area contributed by atoms with E-state index >= 15 is 0 Å². The Bertz CT molecular complexity index is 1130. The Morgan fingerprint density at radius 1 is 1.04 bits per heavy atom. The molecule has 140 valence electrons. The van der Waals surface area contributed by atoms with Gasteiger partial charge in [0.25, 0.3) is 0 Å². The number of oxazole rings is 1. The molecule has 0 saturated carbocycles. The second-order valence-corrected chi connectivity index (χ2v) is 6.55. The van der Waals surface area contributed by atoms with Crippen molar-refractivity contribution in [2.24, 2.45) is 0 Å². The van der Waals surface area contributed by atoms with Crippen LogP contribution in [0.3, 0.4) is 0 Å². The molecule has 0 N–H and O–H groups in total. The van der Waals surface area contributed by atoms with Crippen LogP contribution in [-0.4, -0.2) is 17.9 Å². The van der Waals surface area contributed by atoms with Gasteiger partial charge in [-0.25, -0.2) is 9.37 Å². The van der Waals surface area contributed by atoms with Crippen molar-refractivity contribution in [3.63, 3.8) is 0 Å². The summed E-state index contributed by atoms with van der Waals surface area (Å²) < 4.78 is 19.5. The van der Waals surface area contributed by atoms with Crippen molar-refractivity contribution in [1.29, 1.82) is 0 Å². The van der Waals surface area contributed by atoms with E-state index in [0.717, 1.165) is 16.5 Å². The zero-order valence-electron chi connectivity index (χ0n) is 15.4. The maximum absolute atomic E-state index is 13.9. The molecule has 0 aliphatic rings. The molecule has 4 nitrogen and oxygen atoms in total. The van der Waals surface area contributed by atoms with E-state index in [9.17, 15) is 9.18 Å². The zero-order valence-corrected chi connectivity index (χ0v) is 15.4. The molecule has 0 aliphatic carbocycles. The lowest BCUT2D eigenvalue weighted by Gasteiger charge is -2.19. The first-order valence-corrected chi connectivity index (χ1v) is 9.07. The Hall–Kier alpha value is -3.47. The molecule has 5 heteroatoms. The number of amides is 1. The Morgan fingerprint density at radius 3 is 2.64 bits per heavy atom. The van der Waals surface area contributed by atoms with Gasteiger partial charge in [0.15, 0.2) is 11.7 Å². The smallest absolute Gasteiger partial charge is 0.227 e. The number of aryl methyl sites for hydroxylation is 1. The second kappa shape index (κ2) is 7.64. The number of carbonyl (C=O) groups excluding carboxylic acids is 1. The number of carbonyl (C=O) groups is 1. The molecule has 0 fully saturated rings. The van der Waals surface area contributed by atoms with Gasteiger partial charge in [0, 0.05) is 25.3 Å². The minimum absolute atomic E-state index is 0.0398. The molecule has 28 heavy (non-hydrogen) atoms. The number of fused-ring (bicyclic) bond motifs is 1. The van der Waals surface area contributed by atoms with Crippen LogP contribution in [0, 0.1) is 5.82 Å². The number of halogens is 1.